The average molecular weight is 337 g/mol. The lowest BCUT2D eigenvalue weighted by atomic mass is 9.90. The first kappa shape index (κ1) is 16.9. The van der Waals surface area contributed by atoms with E-state index >= 15 is 0 Å². The Kier molecular flexibility index (Phi) is 4.56. The van der Waals surface area contributed by atoms with Crippen molar-refractivity contribution in [2.75, 3.05) is 13.1 Å². The van der Waals surface area contributed by atoms with Gasteiger partial charge in [0.15, 0.2) is 11.6 Å². The number of amides is 1. The van der Waals surface area contributed by atoms with E-state index in [2.05, 4.69) is 0 Å². The minimum atomic E-state index is -0.864. The van der Waals surface area contributed by atoms with Crippen molar-refractivity contribution in [3.8, 4) is 0 Å². The third kappa shape index (κ3) is 3.42. The van der Waals surface area contributed by atoms with E-state index in [1.165, 1.54) is 12.1 Å². The Balaban J connectivity index is 1.42. The number of nitrogens with zero attached hydrogens (tertiary/aromatic N) is 1. The van der Waals surface area contributed by atoms with Gasteiger partial charge < -0.3 is 10.0 Å². The lowest BCUT2D eigenvalue weighted by Crippen LogP contribution is -2.39. The monoisotopic (exact) mass is 337 g/mol. The quantitative estimate of drug-likeness (QED) is 0.899. The van der Waals surface area contributed by atoms with Crippen molar-refractivity contribution >= 4 is 11.9 Å². The second kappa shape index (κ2) is 6.49. The number of likely N-dealkylation sites (tertiary alicyclic amines) is 1. The second-order valence-corrected chi connectivity index (χ2v) is 6.94. The Morgan fingerprint density at radius 3 is 2.50 bits per heavy atom. The van der Waals surface area contributed by atoms with Crippen LogP contribution >= 0.6 is 0 Å². The van der Waals surface area contributed by atoms with Gasteiger partial charge in [-0.05, 0) is 55.2 Å². The lowest BCUT2D eigenvalue weighted by Gasteiger charge is -2.32. The molecule has 1 aromatic rings. The minimum Gasteiger partial charge on any atom is -0.481 e. The number of carboxylic acids is 1. The fraction of sp³-hybridized carbons (Fsp3) is 0.556. The van der Waals surface area contributed by atoms with Crippen LogP contribution in [0.2, 0.25) is 0 Å². The summed E-state index contributed by atoms with van der Waals surface area (Å²) in [4.78, 5) is 25.1. The molecule has 0 bridgehead atoms. The minimum absolute atomic E-state index is 0.0555. The van der Waals surface area contributed by atoms with Gasteiger partial charge in [-0.2, -0.15) is 0 Å². The van der Waals surface area contributed by atoms with Gasteiger partial charge in [-0.15, -0.1) is 0 Å². The summed E-state index contributed by atoms with van der Waals surface area (Å²) >= 11 is 0. The Morgan fingerprint density at radius 1 is 1.21 bits per heavy atom. The molecule has 1 aromatic carbocycles. The lowest BCUT2D eigenvalue weighted by molar-refractivity contribution is -0.139. The zero-order valence-corrected chi connectivity index (χ0v) is 13.4. The molecule has 1 amide bonds. The zero-order valence-electron chi connectivity index (χ0n) is 13.4. The number of rotatable bonds is 5. The zero-order chi connectivity index (χ0) is 17.3. The molecule has 2 aliphatic rings. The molecule has 3 rings (SSSR count). The van der Waals surface area contributed by atoms with Gasteiger partial charge in [0.25, 0.3) is 0 Å². The van der Waals surface area contributed by atoms with Crippen LogP contribution in [0.1, 0.15) is 37.7 Å². The largest absolute Gasteiger partial charge is 0.481 e. The van der Waals surface area contributed by atoms with Crippen LogP contribution in [-0.4, -0.2) is 35.0 Å². The molecule has 1 saturated heterocycles. The van der Waals surface area contributed by atoms with Crippen molar-refractivity contribution < 1.29 is 23.5 Å². The molecule has 1 saturated carbocycles. The summed E-state index contributed by atoms with van der Waals surface area (Å²) in [7, 11) is 0. The summed E-state index contributed by atoms with van der Waals surface area (Å²) in [5.41, 5.74) is 0.607. The van der Waals surface area contributed by atoms with E-state index in [1.807, 2.05) is 0 Å². The summed E-state index contributed by atoms with van der Waals surface area (Å²) in [6, 6.07) is 3.81. The van der Waals surface area contributed by atoms with Crippen LogP contribution in [0.4, 0.5) is 8.78 Å². The molecule has 4 nitrogen and oxygen atoms in total. The van der Waals surface area contributed by atoms with Crippen molar-refractivity contribution in [3.63, 3.8) is 0 Å². The number of carbonyl (C=O) groups excluding carboxylic acids is 1. The van der Waals surface area contributed by atoms with Crippen molar-refractivity contribution in [1.82, 2.24) is 4.90 Å². The van der Waals surface area contributed by atoms with Crippen LogP contribution < -0.4 is 0 Å². The molecule has 1 spiro atoms. The highest BCUT2D eigenvalue weighted by Crippen LogP contribution is 2.59. The van der Waals surface area contributed by atoms with Crippen LogP contribution in [0.15, 0.2) is 18.2 Å². The van der Waals surface area contributed by atoms with Crippen LogP contribution in [0.3, 0.4) is 0 Å². The molecule has 1 heterocycles. The molecular weight excluding hydrogens is 316 g/mol. The van der Waals surface area contributed by atoms with E-state index < -0.39 is 17.6 Å². The second-order valence-electron chi connectivity index (χ2n) is 6.94. The first-order valence-electron chi connectivity index (χ1n) is 8.36. The number of hydrogen-bond acceptors (Lipinski definition) is 2. The number of carboxylic acid groups (broad SMARTS) is 1. The van der Waals surface area contributed by atoms with Gasteiger partial charge in [0.05, 0.1) is 5.92 Å². The average Bonchev–Trinajstić information content (AvgIpc) is 3.25. The number of benzene rings is 1. The third-order valence-corrected chi connectivity index (χ3v) is 5.44. The van der Waals surface area contributed by atoms with Crippen molar-refractivity contribution in [2.45, 2.75) is 38.5 Å². The number of halogens is 2. The summed E-state index contributed by atoms with van der Waals surface area (Å²) in [5.74, 6) is -2.63. The smallest absolute Gasteiger partial charge is 0.307 e. The molecule has 1 atom stereocenters. The van der Waals surface area contributed by atoms with Gasteiger partial charge in [-0.3, -0.25) is 9.59 Å². The van der Waals surface area contributed by atoms with Gasteiger partial charge in [0.1, 0.15) is 0 Å². The Morgan fingerprint density at radius 2 is 1.92 bits per heavy atom. The van der Waals surface area contributed by atoms with Gasteiger partial charge in [-0.1, -0.05) is 6.07 Å². The number of piperidine rings is 1. The van der Waals surface area contributed by atoms with Gasteiger partial charge in [0.2, 0.25) is 5.91 Å². The molecule has 0 aromatic heterocycles. The van der Waals surface area contributed by atoms with E-state index in [4.69, 9.17) is 5.11 Å². The summed E-state index contributed by atoms with van der Waals surface area (Å²) in [6.45, 7) is 1.24. The third-order valence-electron chi connectivity index (χ3n) is 5.44. The maximum absolute atomic E-state index is 13.1. The highest BCUT2D eigenvalue weighted by Gasteiger charge is 2.59. The molecule has 1 N–H and O–H groups in total. The molecule has 1 aliphatic heterocycles. The molecule has 1 unspecified atom stereocenters. The number of hydrogen-bond donors (Lipinski definition) is 1. The van der Waals surface area contributed by atoms with Gasteiger partial charge >= 0.3 is 5.97 Å². The van der Waals surface area contributed by atoms with E-state index in [-0.39, 0.29) is 17.2 Å². The molecule has 130 valence electrons. The Hall–Kier alpha value is -1.98. The SMILES string of the molecule is O=C(O)C1CC12CCN(C(=O)CCCc1ccc(F)c(F)c1)CC2. The van der Waals surface area contributed by atoms with Crippen LogP contribution in [0, 0.1) is 23.0 Å². The van der Waals surface area contributed by atoms with Crippen molar-refractivity contribution in [1.29, 1.82) is 0 Å². The van der Waals surface area contributed by atoms with E-state index in [0.717, 1.165) is 25.3 Å². The summed E-state index contributed by atoms with van der Waals surface area (Å²) in [6.07, 6.45) is 3.75. The van der Waals surface area contributed by atoms with Crippen LogP contribution in [0.5, 0.6) is 0 Å². The number of aliphatic carboxylic acids is 1. The van der Waals surface area contributed by atoms with E-state index in [9.17, 15) is 18.4 Å². The first-order valence-corrected chi connectivity index (χ1v) is 8.36. The van der Waals surface area contributed by atoms with Gasteiger partial charge in [0, 0.05) is 19.5 Å². The molecule has 0 radical (unpaired) electrons. The molecular formula is C18H21F2NO3. The Bertz CT molecular complexity index is 654. The fourth-order valence-electron chi connectivity index (χ4n) is 3.75. The van der Waals surface area contributed by atoms with Crippen molar-refractivity contribution in [3.05, 3.63) is 35.4 Å². The normalized spacial score (nSPS) is 21.8. The Labute approximate surface area is 139 Å². The highest BCUT2D eigenvalue weighted by molar-refractivity contribution is 5.77. The fourth-order valence-corrected chi connectivity index (χ4v) is 3.75. The van der Waals surface area contributed by atoms with E-state index in [1.54, 1.807) is 4.90 Å². The predicted molar refractivity (Wildman–Crippen MR) is 83.3 cm³/mol. The number of carbonyl (C=O) groups is 2. The molecule has 2 fully saturated rings. The topological polar surface area (TPSA) is 57.6 Å². The van der Waals surface area contributed by atoms with Crippen LogP contribution in [-0.2, 0) is 16.0 Å². The van der Waals surface area contributed by atoms with Gasteiger partial charge in [-0.25, -0.2) is 8.78 Å². The molecule has 1 aliphatic carbocycles. The van der Waals surface area contributed by atoms with Crippen molar-refractivity contribution in [2.24, 2.45) is 11.3 Å². The van der Waals surface area contributed by atoms with E-state index in [0.29, 0.717) is 37.9 Å². The maximum Gasteiger partial charge on any atom is 0.307 e. The number of aryl methyl sites for hydroxylation is 1. The van der Waals surface area contributed by atoms with Crippen LogP contribution in [0.25, 0.3) is 0 Å². The summed E-state index contributed by atoms with van der Waals surface area (Å²) < 4.78 is 26.0. The predicted octanol–water partition coefficient (Wildman–Crippen LogP) is 3.00. The summed E-state index contributed by atoms with van der Waals surface area (Å²) in [5, 5.41) is 9.08. The highest BCUT2D eigenvalue weighted by atomic mass is 19.2. The molecule has 6 heteroatoms. The maximum atomic E-state index is 13.1. The first-order chi connectivity index (χ1) is 11.4. The standard InChI is InChI=1S/C18H21F2NO3/c19-14-5-4-12(10-15(14)20)2-1-3-16(22)21-8-6-18(7-9-21)11-13(18)17(23)24/h4-5,10,13H,1-3,6-9,11H2,(H,23,24). The molecule has 24 heavy (non-hydrogen) atoms.